The van der Waals surface area contributed by atoms with Gasteiger partial charge in [-0.25, -0.2) is 0 Å². The number of hydrogen-bond donors (Lipinski definition) is 2. The minimum atomic E-state index is 0. The first kappa shape index (κ1) is 22.3. The third-order valence-electron chi connectivity index (χ3n) is 6.99. The van der Waals surface area contributed by atoms with Crippen LogP contribution < -0.4 is 10.6 Å². The highest BCUT2D eigenvalue weighted by Crippen LogP contribution is 2.52. The molecule has 5 nitrogen and oxygen atoms in total. The van der Waals surface area contributed by atoms with Crippen LogP contribution in [-0.2, 0) is 4.74 Å². The van der Waals surface area contributed by atoms with Gasteiger partial charge in [0.05, 0.1) is 6.10 Å². The lowest BCUT2D eigenvalue weighted by Gasteiger charge is -2.55. The van der Waals surface area contributed by atoms with Crippen LogP contribution in [0.15, 0.2) is 22.5 Å². The third kappa shape index (κ3) is 4.09. The number of piperidine rings is 1. The molecule has 3 fully saturated rings. The Morgan fingerprint density at radius 3 is 2.93 bits per heavy atom. The topological polar surface area (TPSA) is 48.9 Å². The van der Waals surface area contributed by atoms with Crippen molar-refractivity contribution in [2.45, 2.75) is 51.3 Å². The second kappa shape index (κ2) is 9.18. The van der Waals surface area contributed by atoms with Crippen LogP contribution in [0.1, 0.15) is 44.0 Å². The minimum Gasteiger partial charge on any atom is -0.377 e. The number of fused-ring (bicyclic) bond motifs is 1. The van der Waals surface area contributed by atoms with E-state index in [2.05, 4.69) is 58.9 Å². The van der Waals surface area contributed by atoms with E-state index in [1.54, 1.807) is 0 Å². The van der Waals surface area contributed by atoms with Gasteiger partial charge in [0.1, 0.15) is 0 Å². The highest BCUT2D eigenvalue weighted by atomic mass is 127. The number of halogens is 1. The van der Waals surface area contributed by atoms with E-state index in [1.807, 2.05) is 18.4 Å². The summed E-state index contributed by atoms with van der Waals surface area (Å²) in [7, 11) is 4.15. The molecule has 4 rings (SSSR count). The third-order valence-corrected chi connectivity index (χ3v) is 7.93. The Morgan fingerprint density at radius 2 is 2.21 bits per heavy atom. The molecule has 158 valence electrons. The van der Waals surface area contributed by atoms with E-state index in [0.29, 0.717) is 30.0 Å². The number of likely N-dealkylation sites (tertiary alicyclic amines) is 1. The maximum Gasteiger partial charge on any atom is 0.191 e. The molecule has 0 aromatic carbocycles. The zero-order valence-electron chi connectivity index (χ0n) is 17.5. The summed E-state index contributed by atoms with van der Waals surface area (Å²) in [5, 5.41) is 9.55. The van der Waals surface area contributed by atoms with Gasteiger partial charge in [0, 0.05) is 48.5 Å². The zero-order valence-corrected chi connectivity index (χ0v) is 20.6. The summed E-state index contributed by atoms with van der Waals surface area (Å²) < 4.78 is 5.93. The summed E-state index contributed by atoms with van der Waals surface area (Å²) in [6, 6.07) is 5.41. The number of thiophene rings is 1. The summed E-state index contributed by atoms with van der Waals surface area (Å²) in [6.07, 6.45) is 4.11. The van der Waals surface area contributed by atoms with Crippen LogP contribution in [0, 0.1) is 17.3 Å². The van der Waals surface area contributed by atoms with E-state index < -0.39 is 0 Å². The Hall–Kier alpha value is -0.380. The Bertz CT molecular complexity index is 665. The molecule has 3 heterocycles. The van der Waals surface area contributed by atoms with Gasteiger partial charge in [0.15, 0.2) is 5.96 Å². The highest BCUT2D eigenvalue weighted by molar-refractivity contribution is 14.0. The molecule has 1 aromatic rings. The van der Waals surface area contributed by atoms with Gasteiger partial charge in [0.25, 0.3) is 0 Å². The van der Waals surface area contributed by atoms with Gasteiger partial charge in [-0.05, 0) is 50.2 Å². The van der Waals surface area contributed by atoms with Crippen molar-refractivity contribution < 1.29 is 4.74 Å². The summed E-state index contributed by atoms with van der Waals surface area (Å²) in [5.74, 6) is 2.17. The zero-order chi connectivity index (χ0) is 19.0. The first-order valence-electron chi connectivity index (χ1n) is 10.3. The van der Waals surface area contributed by atoms with Crippen LogP contribution in [0.4, 0.5) is 0 Å². The van der Waals surface area contributed by atoms with E-state index in [1.165, 1.54) is 24.3 Å². The van der Waals surface area contributed by atoms with Crippen LogP contribution in [0.5, 0.6) is 0 Å². The van der Waals surface area contributed by atoms with Crippen LogP contribution in [0.2, 0.25) is 0 Å². The number of nitrogens with one attached hydrogen (secondary N) is 2. The second-order valence-corrected chi connectivity index (χ2v) is 9.96. The fraction of sp³-hybridized carbons (Fsp3) is 0.762. The van der Waals surface area contributed by atoms with Crippen molar-refractivity contribution in [3.8, 4) is 0 Å². The van der Waals surface area contributed by atoms with Crippen LogP contribution >= 0.6 is 35.3 Å². The Balaban J connectivity index is 0.00000225. The molecule has 1 aromatic heterocycles. The number of guanidine groups is 1. The number of hydrogen-bond acceptors (Lipinski definition) is 4. The molecule has 1 saturated carbocycles. The number of aliphatic imine (C=N–C) groups is 1. The van der Waals surface area contributed by atoms with Crippen molar-refractivity contribution in [1.29, 1.82) is 0 Å². The van der Waals surface area contributed by atoms with Crippen LogP contribution in [0.3, 0.4) is 0 Å². The predicted molar refractivity (Wildman–Crippen MR) is 128 cm³/mol. The average molecular weight is 519 g/mol. The molecule has 0 radical (unpaired) electrons. The van der Waals surface area contributed by atoms with Crippen LogP contribution in [-0.4, -0.2) is 56.8 Å². The summed E-state index contributed by atoms with van der Waals surface area (Å²) in [5.41, 5.74) is 0.170. The van der Waals surface area contributed by atoms with Crippen LogP contribution in [0.25, 0.3) is 0 Å². The summed E-state index contributed by atoms with van der Waals surface area (Å²) >= 11 is 1.88. The lowest BCUT2D eigenvalue weighted by atomic mass is 9.57. The molecule has 28 heavy (non-hydrogen) atoms. The summed E-state index contributed by atoms with van der Waals surface area (Å²) in [4.78, 5) is 8.53. The molecule has 5 unspecified atom stereocenters. The van der Waals surface area contributed by atoms with E-state index >= 15 is 0 Å². The van der Waals surface area contributed by atoms with Gasteiger partial charge < -0.3 is 15.4 Å². The van der Waals surface area contributed by atoms with E-state index in [-0.39, 0.29) is 29.4 Å². The molecule has 2 saturated heterocycles. The Morgan fingerprint density at radius 1 is 1.39 bits per heavy atom. The minimum absolute atomic E-state index is 0. The molecular formula is C21H35IN4OS. The van der Waals surface area contributed by atoms with Crippen molar-refractivity contribution in [2.75, 3.05) is 33.8 Å². The molecule has 0 bridgehead atoms. The molecule has 0 spiro atoms. The number of ether oxygens (including phenoxy) is 1. The standard InChI is InChI=1S/C21H34N4OS.HI/c1-21(2)18(15-9-11-26-19(15)21)24-20(22-3)23-13-14-7-5-10-25(4)17(14)16-8-6-12-27-16;/h6,8,12,14-15,17-19H,5,7,9-11,13H2,1-4H3,(H2,22,23,24);1H. The lowest BCUT2D eigenvalue weighted by molar-refractivity contribution is -0.106. The fourth-order valence-corrected chi connectivity index (χ4v) is 6.55. The molecular weight excluding hydrogens is 483 g/mol. The summed E-state index contributed by atoms with van der Waals surface area (Å²) in [6.45, 7) is 7.68. The van der Waals surface area contributed by atoms with Crippen molar-refractivity contribution in [3.63, 3.8) is 0 Å². The Kier molecular flexibility index (Phi) is 7.32. The van der Waals surface area contributed by atoms with Gasteiger partial charge >= 0.3 is 0 Å². The Labute approximate surface area is 190 Å². The highest BCUT2D eigenvalue weighted by Gasteiger charge is 2.59. The van der Waals surface area contributed by atoms with Crippen molar-refractivity contribution in [1.82, 2.24) is 15.5 Å². The molecule has 7 heteroatoms. The molecule has 0 amide bonds. The van der Waals surface area contributed by atoms with Crippen molar-refractivity contribution in [2.24, 2.45) is 22.2 Å². The maximum absolute atomic E-state index is 5.93. The monoisotopic (exact) mass is 518 g/mol. The normalized spacial score (nSPS) is 34.9. The molecule has 2 N–H and O–H groups in total. The lowest BCUT2D eigenvalue weighted by Crippen LogP contribution is -2.68. The van der Waals surface area contributed by atoms with Crippen molar-refractivity contribution >= 4 is 41.3 Å². The van der Waals surface area contributed by atoms with Gasteiger partial charge in [-0.2, -0.15) is 0 Å². The second-order valence-electron chi connectivity index (χ2n) is 8.98. The van der Waals surface area contributed by atoms with E-state index in [4.69, 9.17) is 4.74 Å². The fourth-order valence-electron chi connectivity index (χ4n) is 5.57. The molecule has 3 aliphatic rings. The van der Waals surface area contributed by atoms with E-state index in [9.17, 15) is 0 Å². The SMILES string of the molecule is CN=C(NCC1CCCN(C)C1c1cccs1)NC1C2CCOC2C1(C)C.I. The number of nitrogens with zero attached hydrogens (tertiary/aromatic N) is 2. The quantitative estimate of drug-likeness (QED) is 0.363. The molecule has 5 atom stereocenters. The first-order chi connectivity index (χ1) is 13.0. The first-order valence-corrected chi connectivity index (χ1v) is 11.2. The van der Waals surface area contributed by atoms with Gasteiger partial charge in [-0.3, -0.25) is 9.89 Å². The largest absolute Gasteiger partial charge is 0.377 e. The number of rotatable bonds is 4. The van der Waals surface area contributed by atoms with Gasteiger partial charge in [-0.1, -0.05) is 19.9 Å². The maximum atomic E-state index is 5.93. The van der Waals surface area contributed by atoms with E-state index in [0.717, 1.165) is 25.5 Å². The van der Waals surface area contributed by atoms with Gasteiger partial charge in [-0.15, -0.1) is 35.3 Å². The molecule has 2 aliphatic heterocycles. The van der Waals surface area contributed by atoms with Crippen molar-refractivity contribution in [3.05, 3.63) is 22.4 Å². The van der Waals surface area contributed by atoms with Gasteiger partial charge in [0.2, 0.25) is 0 Å². The average Bonchev–Trinajstić information content (AvgIpc) is 3.32. The smallest absolute Gasteiger partial charge is 0.191 e. The predicted octanol–water partition coefficient (Wildman–Crippen LogP) is 3.73. The molecule has 1 aliphatic carbocycles.